The van der Waals surface area contributed by atoms with Crippen LogP contribution in [-0.2, 0) is 14.8 Å². The van der Waals surface area contributed by atoms with Gasteiger partial charge < -0.3 is 5.32 Å². The van der Waals surface area contributed by atoms with E-state index >= 15 is 0 Å². The Morgan fingerprint density at radius 1 is 1.24 bits per heavy atom. The van der Waals surface area contributed by atoms with Crippen molar-refractivity contribution in [2.24, 2.45) is 11.8 Å². The number of carbonyl (C=O) groups is 1. The van der Waals surface area contributed by atoms with Gasteiger partial charge in [0.2, 0.25) is 15.9 Å². The maximum absolute atomic E-state index is 12.5. The molecule has 2 saturated heterocycles. The van der Waals surface area contributed by atoms with Crippen LogP contribution in [0.3, 0.4) is 0 Å². The molecule has 1 N–H and O–H groups in total. The van der Waals surface area contributed by atoms with Crippen molar-refractivity contribution in [3.05, 3.63) is 34.4 Å². The number of rotatable bonds is 3. The molecule has 2 aliphatic heterocycles. The molecule has 2 heterocycles. The Kier molecular flexibility index (Phi) is 3.18. The summed E-state index contributed by atoms with van der Waals surface area (Å²) in [5.41, 5.74) is -0.161. The van der Waals surface area contributed by atoms with Crippen molar-refractivity contribution in [2.45, 2.75) is 4.90 Å². The molecular weight excluding hydrogens is 298 g/mol. The third-order valence-corrected chi connectivity index (χ3v) is 5.81. The van der Waals surface area contributed by atoms with E-state index in [-0.39, 0.29) is 34.9 Å². The first-order chi connectivity index (χ1) is 9.89. The van der Waals surface area contributed by atoms with Crippen LogP contribution in [0.5, 0.6) is 0 Å². The predicted molar refractivity (Wildman–Crippen MR) is 71.8 cm³/mol. The minimum Gasteiger partial charge on any atom is -0.355 e. The van der Waals surface area contributed by atoms with E-state index in [0.717, 1.165) is 12.1 Å². The van der Waals surface area contributed by atoms with Crippen LogP contribution in [0.1, 0.15) is 0 Å². The van der Waals surface area contributed by atoms with Crippen molar-refractivity contribution in [1.29, 1.82) is 0 Å². The molecule has 2 atom stereocenters. The van der Waals surface area contributed by atoms with Gasteiger partial charge in [0.25, 0.3) is 5.69 Å². The fraction of sp³-hybridized carbons (Fsp3) is 0.417. The number of fused-ring (bicyclic) bond motifs is 1. The van der Waals surface area contributed by atoms with Crippen molar-refractivity contribution in [3.8, 4) is 0 Å². The van der Waals surface area contributed by atoms with Crippen LogP contribution >= 0.6 is 0 Å². The number of amides is 1. The van der Waals surface area contributed by atoms with Crippen LogP contribution in [-0.4, -0.2) is 43.2 Å². The SMILES string of the molecule is O=C1NC[C@@H]2CN(S(=O)(=O)c3ccc([N+](=O)[O-])cc3)C[C@H]12. The van der Waals surface area contributed by atoms with Crippen LogP contribution in [0.4, 0.5) is 5.69 Å². The summed E-state index contributed by atoms with van der Waals surface area (Å²) in [7, 11) is -3.72. The lowest BCUT2D eigenvalue weighted by atomic mass is 10.0. The van der Waals surface area contributed by atoms with Crippen LogP contribution in [0.15, 0.2) is 29.2 Å². The monoisotopic (exact) mass is 311 g/mol. The fourth-order valence-corrected chi connectivity index (χ4v) is 4.31. The lowest BCUT2D eigenvalue weighted by Crippen LogP contribution is -2.33. The average molecular weight is 311 g/mol. The molecule has 0 spiro atoms. The molecule has 0 aromatic heterocycles. The Morgan fingerprint density at radius 3 is 2.48 bits per heavy atom. The van der Waals surface area contributed by atoms with Crippen LogP contribution < -0.4 is 5.32 Å². The van der Waals surface area contributed by atoms with E-state index in [1.165, 1.54) is 16.4 Å². The van der Waals surface area contributed by atoms with Crippen molar-refractivity contribution >= 4 is 21.6 Å². The summed E-state index contributed by atoms with van der Waals surface area (Å²) in [6, 6.07) is 4.77. The fourth-order valence-electron chi connectivity index (χ4n) is 2.78. The number of nitrogens with zero attached hydrogens (tertiary/aromatic N) is 2. The average Bonchev–Trinajstić information content (AvgIpc) is 3.02. The zero-order valence-corrected chi connectivity index (χ0v) is 11.7. The zero-order valence-electron chi connectivity index (χ0n) is 10.9. The molecule has 2 fully saturated rings. The Balaban J connectivity index is 1.84. The van der Waals surface area contributed by atoms with Gasteiger partial charge in [-0.05, 0) is 12.1 Å². The van der Waals surface area contributed by atoms with Gasteiger partial charge in [0.15, 0.2) is 0 Å². The van der Waals surface area contributed by atoms with Crippen molar-refractivity contribution in [3.63, 3.8) is 0 Å². The van der Waals surface area contributed by atoms with E-state index in [4.69, 9.17) is 0 Å². The van der Waals surface area contributed by atoms with Gasteiger partial charge in [-0.2, -0.15) is 4.31 Å². The number of benzene rings is 1. The first kappa shape index (κ1) is 14.0. The van der Waals surface area contributed by atoms with E-state index < -0.39 is 14.9 Å². The number of sulfonamides is 1. The normalized spacial score (nSPS) is 25.6. The summed E-state index contributed by atoms with van der Waals surface area (Å²) >= 11 is 0. The summed E-state index contributed by atoms with van der Waals surface area (Å²) in [6.45, 7) is 0.953. The number of carbonyl (C=O) groups excluding carboxylic acids is 1. The Bertz CT molecular complexity index is 700. The van der Waals surface area contributed by atoms with Gasteiger partial charge in [0.1, 0.15) is 0 Å². The molecule has 1 aromatic rings. The van der Waals surface area contributed by atoms with E-state index in [2.05, 4.69) is 5.32 Å². The molecule has 0 bridgehead atoms. The number of nitro groups is 1. The number of hydrogen-bond donors (Lipinski definition) is 1. The number of nitrogens with one attached hydrogen (secondary N) is 1. The summed E-state index contributed by atoms with van der Waals surface area (Å²) in [5.74, 6) is -0.399. The van der Waals surface area contributed by atoms with Gasteiger partial charge in [-0.1, -0.05) is 0 Å². The smallest absolute Gasteiger partial charge is 0.269 e. The van der Waals surface area contributed by atoms with Gasteiger partial charge in [-0.25, -0.2) is 8.42 Å². The third kappa shape index (κ3) is 2.28. The Morgan fingerprint density at radius 2 is 1.90 bits per heavy atom. The second kappa shape index (κ2) is 4.78. The highest BCUT2D eigenvalue weighted by molar-refractivity contribution is 7.89. The number of nitro benzene ring substituents is 1. The number of non-ortho nitro benzene ring substituents is 1. The van der Waals surface area contributed by atoms with E-state index in [0.29, 0.717) is 13.1 Å². The highest BCUT2D eigenvalue weighted by Crippen LogP contribution is 2.31. The molecule has 3 rings (SSSR count). The predicted octanol–water partition coefficient (Wildman–Crippen LogP) is -0.0387. The molecule has 1 amide bonds. The second-order valence-corrected chi connectivity index (χ2v) is 7.12. The third-order valence-electron chi connectivity index (χ3n) is 3.97. The lowest BCUT2D eigenvalue weighted by molar-refractivity contribution is -0.384. The largest absolute Gasteiger partial charge is 0.355 e. The van der Waals surface area contributed by atoms with Crippen LogP contribution in [0, 0.1) is 22.0 Å². The van der Waals surface area contributed by atoms with Crippen molar-refractivity contribution < 1.29 is 18.1 Å². The summed E-state index contributed by atoms with van der Waals surface area (Å²) in [4.78, 5) is 21.6. The van der Waals surface area contributed by atoms with E-state index in [1.807, 2.05) is 0 Å². The first-order valence-electron chi connectivity index (χ1n) is 6.42. The minimum absolute atomic E-state index is 0.00493. The summed E-state index contributed by atoms with van der Waals surface area (Å²) in [6.07, 6.45) is 0. The molecule has 1 aromatic carbocycles. The van der Waals surface area contributed by atoms with Crippen LogP contribution in [0.2, 0.25) is 0 Å². The molecule has 0 aliphatic carbocycles. The van der Waals surface area contributed by atoms with Gasteiger partial charge in [0.05, 0.1) is 15.7 Å². The molecule has 21 heavy (non-hydrogen) atoms. The molecular formula is C12H13N3O5S. The van der Waals surface area contributed by atoms with Gasteiger partial charge in [-0.15, -0.1) is 0 Å². The maximum Gasteiger partial charge on any atom is 0.269 e. The molecule has 0 saturated carbocycles. The zero-order chi connectivity index (χ0) is 15.2. The molecule has 0 unspecified atom stereocenters. The van der Waals surface area contributed by atoms with Gasteiger partial charge in [-0.3, -0.25) is 14.9 Å². The maximum atomic E-state index is 12.5. The van der Waals surface area contributed by atoms with Gasteiger partial charge in [0, 0.05) is 37.7 Å². The highest BCUT2D eigenvalue weighted by atomic mass is 32.2. The van der Waals surface area contributed by atoms with Crippen molar-refractivity contribution in [2.75, 3.05) is 19.6 Å². The second-order valence-electron chi connectivity index (χ2n) is 5.18. The molecule has 2 aliphatic rings. The molecule has 0 radical (unpaired) electrons. The van der Waals surface area contributed by atoms with Crippen molar-refractivity contribution in [1.82, 2.24) is 9.62 Å². The van der Waals surface area contributed by atoms with E-state index in [1.54, 1.807) is 0 Å². The van der Waals surface area contributed by atoms with Crippen LogP contribution in [0.25, 0.3) is 0 Å². The lowest BCUT2D eigenvalue weighted by Gasteiger charge is -2.17. The summed E-state index contributed by atoms with van der Waals surface area (Å²) < 4.78 is 26.2. The first-order valence-corrected chi connectivity index (χ1v) is 7.86. The Labute approximate surface area is 120 Å². The van der Waals surface area contributed by atoms with E-state index in [9.17, 15) is 23.3 Å². The molecule has 112 valence electrons. The number of hydrogen-bond acceptors (Lipinski definition) is 5. The topological polar surface area (TPSA) is 110 Å². The summed E-state index contributed by atoms with van der Waals surface area (Å²) in [5, 5.41) is 13.3. The standard InChI is InChI=1S/C12H13N3O5S/c16-12-11-7-14(6-8(11)5-13-12)21(19,20)10-3-1-9(2-4-10)15(17)18/h1-4,8,11H,5-7H2,(H,13,16)/t8-,11+/m1/s1. The minimum atomic E-state index is -3.72. The molecule has 8 nitrogen and oxygen atoms in total. The van der Waals surface area contributed by atoms with Gasteiger partial charge >= 0.3 is 0 Å². The quantitative estimate of drug-likeness (QED) is 0.622. The highest BCUT2D eigenvalue weighted by Gasteiger charge is 2.46. The molecule has 9 heteroatoms. The Hall–Kier alpha value is -2.00.